The summed E-state index contributed by atoms with van der Waals surface area (Å²) in [5.41, 5.74) is 5.78. The summed E-state index contributed by atoms with van der Waals surface area (Å²) in [5, 5.41) is 5.76. The van der Waals surface area contributed by atoms with Gasteiger partial charge in [-0.1, -0.05) is 12.8 Å². The van der Waals surface area contributed by atoms with Crippen LogP contribution in [0, 0.1) is 0 Å². The molecule has 0 saturated heterocycles. The Kier molecular flexibility index (Phi) is 5.25. The summed E-state index contributed by atoms with van der Waals surface area (Å²) in [6.45, 7) is 5.65. The first-order valence-corrected chi connectivity index (χ1v) is 6.39. The van der Waals surface area contributed by atoms with Crippen LogP contribution in [0.4, 0.5) is 0 Å². The van der Waals surface area contributed by atoms with Crippen molar-refractivity contribution in [1.29, 1.82) is 0 Å². The summed E-state index contributed by atoms with van der Waals surface area (Å²) in [4.78, 5) is 16.0. The van der Waals surface area contributed by atoms with E-state index in [1.807, 2.05) is 13.8 Å². The summed E-state index contributed by atoms with van der Waals surface area (Å²) in [5.74, 6) is 0.327. The average Bonchev–Trinajstić information content (AvgIpc) is 2.68. The first-order valence-electron chi connectivity index (χ1n) is 6.39. The van der Waals surface area contributed by atoms with Gasteiger partial charge in [0.05, 0.1) is 6.04 Å². The molecule has 0 spiro atoms. The molecule has 1 fully saturated rings. The van der Waals surface area contributed by atoms with Crippen molar-refractivity contribution in [3.8, 4) is 0 Å². The second-order valence-corrected chi connectivity index (χ2v) is 4.98. The molecule has 1 rings (SSSR count). The first-order chi connectivity index (χ1) is 7.99. The molecule has 1 unspecified atom stereocenters. The molecule has 17 heavy (non-hydrogen) atoms. The molecular formula is C12H24N4O. The van der Waals surface area contributed by atoms with Crippen molar-refractivity contribution in [2.24, 2.45) is 10.7 Å². The highest BCUT2D eigenvalue weighted by molar-refractivity contribution is 5.88. The molecule has 1 aliphatic carbocycles. The van der Waals surface area contributed by atoms with E-state index >= 15 is 0 Å². The zero-order chi connectivity index (χ0) is 12.8. The number of nitrogens with zero attached hydrogens (tertiary/aromatic N) is 1. The van der Waals surface area contributed by atoms with Crippen LogP contribution in [0.15, 0.2) is 4.99 Å². The Balaban J connectivity index is 2.38. The summed E-state index contributed by atoms with van der Waals surface area (Å²) in [7, 11) is 0. The Morgan fingerprint density at radius 2 is 1.82 bits per heavy atom. The molecule has 0 aromatic carbocycles. The van der Waals surface area contributed by atoms with Gasteiger partial charge < -0.3 is 16.4 Å². The van der Waals surface area contributed by atoms with E-state index in [0.29, 0.717) is 12.0 Å². The molecule has 1 saturated carbocycles. The van der Waals surface area contributed by atoms with Crippen molar-refractivity contribution in [2.45, 2.75) is 64.6 Å². The Morgan fingerprint density at radius 1 is 1.24 bits per heavy atom. The lowest BCUT2D eigenvalue weighted by molar-refractivity contribution is -0.122. The smallest absolute Gasteiger partial charge is 0.242 e. The third-order valence-corrected chi connectivity index (χ3v) is 2.83. The predicted octanol–water partition coefficient (Wildman–Crippen LogP) is 0.746. The first kappa shape index (κ1) is 13.8. The third-order valence-electron chi connectivity index (χ3n) is 2.83. The lowest BCUT2D eigenvalue weighted by atomic mass is 10.2. The fraction of sp³-hybridized carbons (Fsp3) is 0.833. The Labute approximate surface area is 103 Å². The van der Waals surface area contributed by atoms with Crippen LogP contribution in [0.3, 0.4) is 0 Å². The Morgan fingerprint density at radius 3 is 2.35 bits per heavy atom. The second kappa shape index (κ2) is 6.47. The van der Waals surface area contributed by atoms with Crippen LogP contribution in [-0.4, -0.2) is 30.0 Å². The molecule has 5 nitrogen and oxygen atoms in total. The second-order valence-electron chi connectivity index (χ2n) is 4.98. The van der Waals surface area contributed by atoms with Crippen molar-refractivity contribution in [2.75, 3.05) is 0 Å². The number of carbonyl (C=O) groups is 1. The monoisotopic (exact) mass is 240 g/mol. The van der Waals surface area contributed by atoms with E-state index in [1.54, 1.807) is 6.92 Å². The summed E-state index contributed by atoms with van der Waals surface area (Å²) in [6, 6.07) is 0.130. The van der Waals surface area contributed by atoms with Gasteiger partial charge in [-0.25, -0.2) is 0 Å². The Bertz CT molecular complexity index is 282. The highest BCUT2D eigenvalue weighted by Gasteiger charge is 2.17. The molecule has 5 heteroatoms. The van der Waals surface area contributed by atoms with E-state index in [2.05, 4.69) is 15.6 Å². The van der Waals surface area contributed by atoms with Gasteiger partial charge in [-0.3, -0.25) is 9.79 Å². The molecule has 0 bridgehead atoms. The number of hydrogen-bond donors (Lipinski definition) is 3. The molecule has 0 aliphatic heterocycles. The molecular weight excluding hydrogens is 216 g/mol. The van der Waals surface area contributed by atoms with Crippen LogP contribution in [0.5, 0.6) is 0 Å². The van der Waals surface area contributed by atoms with Gasteiger partial charge in [0, 0.05) is 6.04 Å². The van der Waals surface area contributed by atoms with Gasteiger partial charge in [0.1, 0.15) is 6.04 Å². The number of nitrogens with two attached hydrogens (primary N) is 1. The zero-order valence-electron chi connectivity index (χ0n) is 11.0. The van der Waals surface area contributed by atoms with E-state index in [1.165, 1.54) is 12.8 Å². The Hall–Kier alpha value is -1.26. The minimum atomic E-state index is -0.345. The number of aliphatic imine (C=N–C) groups is 1. The maximum Gasteiger partial charge on any atom is 0.242 e. The van der Waals surface area contributed by atoms with Gasteiger partial charge in [0.15, 0.2) is 5.96 Å². The molecule has 1 aliphatic rings. The number of guanidine groups is 1. The largest absolute Gasteiger partial charge is 0.370 e. The molecule has 98 valence electrons. The van der Waals surface area contributed by atoms with Crippen LogP contribution in [-0.2, 0) is 4.79 Å². The third kappa shape index (κ3) is 5.06. The van der Waals surface area contributed by atoms with E-state index < -0.39 is 0 Å². The lowest BCUT2D eigenvalue weighted by Gasteiger charge is -2.17. The number of carbonyl (C=O) groups excluding carboxylic acids is 1. The zero-order valence-corrected chi connectivity index (χ0v) is 11.0. The van der Waals surface area contributed by atoms with Crippen molar-refractivity contribution in [3.05, 3.63) is 0 Å². The van der Waals surface area contributed by atoms with Gasteiger partial charge in [0.25, 0.3) is 0 Å². The SMILES string of the molecule is CC(C)NC(=O)C(C)NC(N)=NC1CCCC1. The number of amides is 1. The lowest BCUT2D eigenvalue weighted by Crippen LogP contribution is -2.49. The number of hydrogen-bond acceptors (Lipinski definition) is 2. The van der Waals surface area contributed by atoms with E-state index in [0.717, 1.165) is 12.8 Å². The van der Waals surface area contributed by atoms with Crippen LogP contribution in [0.1, 0.15) is 46.5 Å². The molecule has 1 atom stereocenters. The fourth-order valence-electron chi connectivity index (χ4n) is 1.96. The maximum absolute atomic E-state index is 11.6. The molecule has 4 N–H and O–H groups in total. The van der Waals surface area contributed by atoms with Crippen LogP contribution in [0.25, 0.3) is 0 Å². The standard InChI is InChI=1S/C12H24N4O/c1-8(2)14-11(17)9(3)15-12(13)16-10-6-4-5-7-10/h8-10H,4-7H2,1-3H3,(H,14,17)(H3,13,15,16). The normalized spacial score (nSPS) is 19.4. The minimum absolute atomic E-state index is 0.0513. The molecule has 0 aromatic heterocycles. The summed E-state index contributed by atoms with van der Waals surface area (Å²) < 4.78 is 0. The van der Waals surface area contributed by atoms with E-state index in [4.69, 9.17) is 5.73 Å². The van der Waals surface area contributed by atoms with Crippen LogP contribution in [0.2, 0.25) is 0 Å². The van der Waals surface area contributed by atoms with E-state index in [9.17, 15) is 4.79 Å². The fourth-order valence-corrected chi connectivity index (χ4v) is 1.96. The highest BCUT2D eigenvalue weighted by atomic mass is 16.2. The topological polar surface area (TPSA) is 79.5 Å². The van der Waals surface area contributed by atoms with Crippen LogP contribution >= 0.6 is 0 Å². The van der Waals surface area contributed by atoms with Crippen molar-refractivity contribution in [1.82, 2.24) is 10.6 Å². The molecule has 1 amide bonds. The average molecular weight is 240 g/mol. The minimum Gasteiger partial charge on any atom is -0.370 e. The quantitative estimate of drug-likeness (QED) is 0.501. The van der Waals surface area contributed by atoms with Crippen molar-refractivity contribution < 1.29 is 4.79 Å². The van der Waals surface area contributed by atoms with Gasteiger partial charge in [0.2, 0.25) is 5.91 Å². The van der Waals surface area contributed by atoms with E-state index in [-0.39, 0.29) is 18.0 Å². The molecule has 0 radical (unpaired) electrons. The molecule has 0 aromatic rings. The van der Waals surface area contributed by atoms with Crippen molar-refractivity contribution in [3.63, 3.8) is 0 Å². The van der Waals surface area contributed by atoms with Crippen molar-refractivity contribution >= 4 is 11.9 Å². The summed E-state index contributed by atoms with van der Waals surface area (Å²) >= 11 is 0. The van der Waals surface area contributed by atoms with Gasteiger partial charge in [-0.15, -0.1) is 0 Å². The number of rotatable bonds is 4. The maximum atomic E-state index is 11.6. The van der Waals surface area contributed by atoms with Gasteiger partial charge >= 0.3 is 0 Å². The van der Waals surface area contributed by atoms with Gasteiger partial charge in [-0.2, -0.15) is 0 Å². The number of nitrogens with one attached hydrogen (secondary N) is 2. The summed E-state index contributed by atoms with van der Waals surface area (Å²) in [6.07, 6.45) is 4.67. The molecule has 0 heterocycles. The predicted molar refractivity (Wildman–Crippen MR) is 69.8 cm³/mol. The van der Waals surface area contributed by atoms with Crippen LogP contribution < -0.4 is 16.4 Å². The highest BCUT2D eigenvalue weighted by Crippen LogP contribution is 2.20. The van der Waals surface area contributed by atoms with Gasteiger partial charge in [-0.05, 0) is 33.6 Å².